The number of benzene rings is 1. The molecule has 12 N–H and O–H groups in total. The van der Waals surface area contributed by atoms with Gasteiger partial charge in [0, 0.05) is 6.42 Å². The number of hydrogen-bond acceptors (Lipinski definition) is 10. The third-order valence-corrected chi connectivity index (χ3v) is 7.71. The fourth-order valence-electron chi connectivity index (χ4n) is 5.04. The maximum Gasteiger partial charge on any atom is 0.326 e. The van der Waals surface area contributed by atoms with Crippen LogP contribution in [0.5, 0.6) is 0 Å². The molecule has 0 bridgehead atoms. The molecule has 5 amide bonds. The third-order valence-electron chi connectivity index (χ3n) is 7.71. The molecule has 51 heavy (non-hydrogen) atoms. The Hall–Kier alpha value is -4.61. The van der Waals surface area contributed by atoms with Crippen LogP contribution in [-0.2, 0) is 40.0 Å². The quantitative estimate of drug-likeness (QED) is 0.0561. The summed E-state index contributed by atoms with van der Waals surface area (Å²) in [5, 5.41) is 40.9. The first-order valence-corrected chi connectivity index (χ1v) is 17.1. The molecule has 0 unspecified atom stereocenters. The fraction of sp³-hybridized carbons (Fsp3) is 0.618. The largest absolute Gasteiger partial charge is 0.481 e. The van der Waals surface area contributed by atoms with Gasteiger partial charge in [0.05, 0.1) is 19.1 Å². The number of rotatable bonds is 24. The van der Waals surface area contributed by atoms with Crippen molar-refractivity contribution in [3.05, 3.63) is 35.9 Å². The predicted octanol–water partition coefficient (Wildman–Crippen LogP) is -1.25. The molecule has 0 saturated carbocycles. The Labute approximate surface area is 298 Å². The SMILES string of the molecule is CC(C)C[C@H](NC(=O)[C@H](CC(=O)O)NC(=O)[C@H](CO)NC(=O)[C@H](Cc1ccccc1)NC(=O)[C@H](CC(C)C)NC(=O)[C@@H](N)CCCCN)C(=O)O. The number of aliphatic hydroxyl groups excluding tert-OH is 1. The lowest BCUT2D eigenvalue weighted by atomic mass is 10.00. The van der Waals surface area contributed by atoms with Gasteiger partial charge in [-0.15, -0.1) is 0 Å². The lowest BCUT2D eigenvalue weighted by Crippen LogP contribution is -2.60. The first kappa shape index (κ1) is 44.4. The molecule has 1 aromatic rings. The van der Waals surface area contributed by atoms with E-state index < -0.39 is 90.8 Å². The van der Waals surface area contributed by atoms with E-state index in [0.29, 0.717) is 31.4 Å². The lowest BCUT2D eigenvalue weighted by Gasteiger charge is -2.27. The average molecular weight is 722 g/mol. The molecule has 17 nitrogen and oxygen atoms in total. The molecular formula is C34H55N7O10. The van der Waals surface area contributed by atoms with Gasteiger partial charge in [-0.2, -0.15) is 0 Å². The zero-order chi connectivity index (χ0) is 38.7. The monoisotopic (exact) mass is 721 g/mol. The second-order valence-electron chi connectivity index (χ2n) is 13.3. The molecule has 1 rings (SSSR count). The van der Waals surface area contributed by atoms with Gasteiger partial charge in [-0.1, -0.05) is 64.4 Å². The summed E-state index contributed by atoms with van der Waals surface area (Å²) in [4.78, 5) is 89.3. The second kappa shape index (κ2) is 23.0. The van der Waals surface area contributed by atoms with Crippen LogP contribution >= 0.6 is 0 Å². The maximum absolute atomic E-state index is 13.6. The number of aliphatic carboxylic acids is 2. The van der Waals surface area contributed by atoms with Crippen LogP contribution in [0.3, 0.4) is 0 Å². The van der Waals surface area contributed by atoms with E-state index in [0.717, 1.165) is 0 Å². The first-order chi connectivity index (χ1) is 24.0. The van der Waals surface area contributed by atoms with Gasteiger partial charge < -0.3 is 53.4 Å². The Morgan fingerprint density at radius 1 is 0.647 bits per heavy atom. The normalized spacial score (nSPS) is 14.7. The van der Waals surface area contributed by atoms with Crippen molar-refractivity contribution < 1.29 is 48.9 Å². The molecule has 6 atom stereocenters. The maximum atomic E-state index is 13.6. The summed E-state index contributed by atoms with van der Waals surface area (Å²) >= 11 is 0. The van der Waals surface area contributed by atoms with Crippen molar-refractivity contribution in [3.63, 3.8) is 0 Å². The molecule has 17 heteroatoms. The van der Waals surface area contributed by atoms with E-state index >= 15 is 0 Å². The molecule has 0 saturated heterocycles. The number of carboxylic acids is 2. The molecule has 0 radical (unpaired) electrons. The minimum atomic E-state index is -1.75. The minimum Gasteiger partial charge on any atom is -0.481 e. The van der Waals surface area contributed by atoms with Crippen LogP contribution in [0.15, 0.2) is 30.3 Å². The van der Waals surface area contributed by atoms with Crippen LogP contribution in [0.2, 0.25) is 0 Å². The molecule has 0 aliphatic carbocycles. The van der Waals surface area contributed by atoms with Crippen LogP contribution in [0.1, 0.15) is 71.8 Å². The van der Waals surface area contributed by atoms with E-state index in [2.05, 4.69) is 26.6 Å². The smallest absolute Gasteiger partial charge is 0.326 e. The number of nitrogens with one attached hydrogen (secondary N) is 5. The molecule has 286 valence electrons. The minimum absolute atomic E-state index is 0.0297. The van der Waals surface area contributed by atoms with Gasteiger partial charge in [0.15, 0.2) is 0 Å². The number of carbonyl (C=O) groups is 7. The van der Waals surface area contributed by atoms with Crippen molar-refractivity contribution in [2.24, 2.45) is 23.3 Å². The van der Waals surface area contributed by atoms with Crippen LogP contribution in [0.25, 0.3) is 0 Å². The summed E-state index contributed by atoms with van der Waals surface area (Å²) in [5.74, 6) is -7.41. The van der Waals surface area contributed by atoms with Crippen LogP contribution in [0, 0.1) is 11.8 Å². The zero-order valence-corrected chi connectivity index (χ0v) is 29.7. The highest BCUT2D eigenvalue weighted by Gasteiger charge is 2.34. The fourth-order valence-corrected chi connectivity index (χ4v) is 5.04. The Bertz CT molecular complexity index is 1310. The number of aliphatic hydroxyl groups is 1. The number of carboxylic acid groups (broad SMARTS) is 2. The van der Waals surface area contributed by atoms with E-state index in [9.17, 15) is 48.9 Å². The molecular weight excluding hydrogens is 666 g/mol. The summed E-state index contributed by atoms with van der Waals surface area (Å²) in [6, 6.07) is 0.488. The molecule has 0 spiro atoms. The van der Waals surface area contributed by atoms with Crippen molar-refractivity contribution in [1.82, 2.24) is 26.6 Å². The van der Waals surface area contributed by atoms with Gasteiger partial charge in [0.25, 0.3) is 0 Å². The molecule has 0 heterocycles. The van der Waals surface area contributed by atoms with E-state index in [4.69, 9.17) is 11.5 Å². The average Bonchev–Trinajstić information content (AvgIpc) is 3.05. The molecule has 0 fully saturated rings. The van der Waals surface area contributed by atoms with Gasteiger partial charge in [-0.3, -0.25) is 28.8 Å². The van der Waals surface area contributed by atoms with Crippen molar-refractivity contribution in [2.75, 3.05) is 13.2 Å². The van der Waals surface area contributed by atoms with E-state index in [-0.39, 0.29) is 31.1 Å². The second-order valence-corrected chi connectivity index (χ2v) is 13.3. The molecule has 0 aromatic heterocycles. The highest BCUT2D eigenvalue weighted by molar-refractivity contribution is 5.97. The van der Waals surface area contributed by atoms with Crippen LogP contribution in [-0.4, -0.2) is 106 Å². The Morgan fingerprint density at radius 2 is 1.12 bits per heavy atom. The Morgan fingerprint density at radius 3 is 1.65 bits per heavy atom. The number of hydrogen-bond donors (Lipinski definition) is 10. The van der Waals surface area contributed by atoms with Crippen molar-refractivity contribution in [2.45, 2.75) is 109 Å². The number of nitrogens with two attached hydrogens (primary N) is 2. The van der Waals surface area contributed by atoms with Gasteiger partial charge in [-0.25, -0.2) is 4.79 Å². The predicted molar refractivity (Wildman–Crippen MR) is 187 cm³/mol. The number of unbranched alkanes of at least 4 members (excludes halogenated alkanes) is 1. The van der Waals surface area contributed by atoms with E-state index in [1.54, 1.807) is 44.2 Å². The van der Waals surface area contributed by atoms with Crippen LogP contribution < -0.4 is 38.1 Å². The summed E-state index contributed by atoms with van der Waals surface area (Å²) in [5.41, 5.74) is 12.2. The number of carbonyl (C=O) groups excluding carboxylic acids is 5. The number of amides is 5. The van der Waals surface area contributed by atoms with Crippen molar-refractivity contribution in [1.29, 1.82) is 0 Å². The van der Waals surface area contributed by atoms with Gasteiger partial charge in [0.1, 0.15) is 30.2 Å². The highest BCUT2D eigenvalue weighted by atomic mass is 16.4. The van der Waals surface area contributed by atoms with E-state index in [1.807, 2.05) is 13.8 Å². The summed E-state index contributed by atoms with van der Waals surface area (Å²) in [6.45, 7) is 6.60. The molecule has 0 aliphatic rings. The van der Waals surface area contributed by atoms with Crippen molar-refractivity contribution >= 4 is 41.5 Å². The summed E-state index contributed by atoms with van der Waals surface area (Å²) in [7, 11) is 0. The van der Waals surface area contributed by atoms with Crippen LogP contribution in [0.4, 0.5) is 0 Å². The van der Waals surface area contributed by atoms with E-state index in [1.165, 1.54) is 0 Å². The van der Waals surface area contributed by atoms with Gasteiger partial charge in [0.2, 0.25) is 29.5 Å². The Balaban J connectivity index is 3.23. The standard InChI is InChI=1S/C34H55N7O10/c1-19(2)14-23(37-29(45)22(36)12-8-9-13-35)30(46)38-24(16-21-10-6-5-7-11-21)31(47)41-27(18-42)33(49)39-25(17-28(43)44)32(48)40-26(34(50)51)15-20(3)4/h5-7,10-11,19-20,22-27,42H,8-9,12-18,35-36H2,1-4H3,(H,37,45)(H,38,46)(H,39,49)(H,40,48)(H,41,47)(H,43,44)(H,50,51)/t22-,23-,24-,25-,26-,27-/m0/s1. The first-order valence-electron chi connectivity index (χ1n) is 17.1. The van der Waals surface area contributed by atoms with Gasteiger partial charge in [-0.05, 0) is 49.6 Å². The topological polar surface area (TPSA) is 292 Å². The lowest BCUT2D eigenvalue weighted by molar-refractivity contribution is -0.144. The highest BCUT2D eigenvalue weighted by Crippen LogP contribution is 2.10. The summed E-state index contributed by atoms with van der Waals surface area (Å²) in [6.07, 6.45) is 0.906. The molecule has 1 aromatic carbocycles. The summed E-state index contributed by atoms with van der Waals surface area (Å²) < 4.78 is 0. The van der Waals surface area contributed by atoms with Crippen molar-refractivity contribution in [3.8, 4) is 0 Å². The molecule has 0 aliphatic heterocycles. The zero-order valence-electron chi connectivity index (χ0n) is 29.7. The van der Waals surface area contributed by atoms with Gasteiger partial charge >= 0.3 is 11.9 Å². The Kier molecular flexibility index (Phi) is 20.0. The third kappa shape index (κ3) is 17.2.